The SMILES string of the molecule is CCN(CC)CCCC(C)NC(=NC)NCCCN1CC(C)CC(C)C1.I. The van der Waals surface area contributed by atoms with E-state index in [2.05, 4.69) is 60.0 Å². The predicted octanol–water partition coefficient (Wildman–Crippen LogP) is 3.65. The minimum Gasteiger partial charge on any atom is -0.356 e. The third-order valence-corrected chi connectivity index (χ3v) is 5.50. The van der Waals surface area contributed by atoms with Gasteiger partial charge in [0, 0.05) is 32.7 Å². The van der Waals surface area contributed by atoms with Gasteiger partial charge in [0.1, 0.15) is 0 Å². The molecule has 0 spiro atoms. The van der Waals surface area contributed by atoms with Gasteiger partial charge in [-0.05, 0) is 70.6 Å². The standard InChI is InChI=1S/C21H45N5.HI/c1-7-25(8-2)13-9-11-20(5)24-21(22-6)23-12-10-14-26-16-18(3)15-19(4)17-26;/h18-20H,7-17H2,1-6H3,(H2,22,23,24);1H. The number of guanidine groups is 1. The van der Waals surface area contributed by atoms with Crippen LogP contribution in [0.3, 0.4) is 0 Å². The van der Waals surface area contributed by atoms with Crippen LogP contribution in [0.2, 0.25) is 0 Å². The van der Waals surface area contributed by atoms with Crippen molar-refractivity contribution in [2.24, 2.45) is 16.8 Å². The molecule has 0 aromatic rings. The van der Waals surface area contributed by atoms with Gasteiger partial charge in [0.2, 0.25) is 0 Å². The van der Waals surface area contributed by atoms with Crippen LogP contribution < -0.4 is 10.6 Å². The molecule has 1 fully saturated rings. The predicted molar refractivity (Wildman–Crippen MR) is 130 cm³/mol. The van der Waals surface area contributed by atoms with E-state index >= 15 is 0 Å². The number of likely N-dealkylation sites (tertiary alicyclic amines) is 1. The molecule has 3 unspecified atom stereocenters. The van der Waals surface area contributed by atoms with E-state index in [0.717, 1.165) is 37.4 Å². The molecule has 6 heteroatoms. The smallest absolute Gasteiger partial charge is 0.191 e. The average Bonchev–Trinajstić information content (AvgIpc) is 2.60. The maximum Gasteiger partial charge on any atom is 0.191 e. The fraction of sp³-hybridized carbons (Fsp3) is 0.952. The minimum atomic E-state index is 0. The van der Waals surface area contributed by atoms with Crippen LogP contribution in [0, 0.1) is 11.8 Å². The van der Waals surface area contributed by atoms with E-state index in [0.29, 0.717) is 6.04 Å². The molecule has 1 rings (SSSR count). The topological polar surface area (TPSA) is 42.9 Å². The second-order valence-electron chi connectivity index (χ2n) is 8.27. The van der Waals surface area contributed by atoms with Crippen LogP contribution in [0.4, 0.5) is 0 Å². The van der Waals surface area contributed by atoms with E-state index in [9.17, 15) is 0 Å². The molecule has 0 aliphatic carbocycles. The summed E-state index contributed by atoms with van der Waals surface area (Å²) in [6.45, 7) is 19.7. The third-order valence-electron chi connectivity index (χ3n) is 5.50. The largest absolute Gasteiger partial charge is 0.356 e. The van der Waals surface area contributed by atoms with E-state index in [4.69, 9.17) is 0 Å². The van der Waals surface area contributed by atoms with E-state index in [1.165, 1.54) is 51.9 Å². The molecule has 27 heavy (non-hydrogen) atoms. The van der Waals surface area contributed by atoms with Crippen LogP contribution in [-0.2, 0) is 0 Å². The highest BCUT2D eigenvalue weighted by Crippen LogP contribution is 2.20. The Balaban J connectivity index is 0.00000676. The van der Waals surface area contributed by atoms with E-state index < -0.39 is 0 Å². The summed E-state index contributed by atoms with van der Waals surface area (Å²) in [6, 6.07) is 0.459. The summed E-state index contributed by atoms with van der Waals surface area (Å²) in [4.78, 5) is 9.50. The van der Waals surface area contributed by atoms with Crippen LogP contribution in [-0.4, -0.2) is 74.7 Å². The van der Waals surface area contributed by atoms with Gasteiger partial charge in [0.25, 0.3) is 0 Å². The lowest BCUT2D eigenvalue weighted by molar-refractivity contribution is 0.140. The molecule has 1 saturated heterocycles. The molecule has 162 valence electrons. The van der Waals surface area contributed by atoms with Crippen LogP contribution in [0.15, 0.2) is 4.99 Å². The van der Waals surface area contributed by atoms with Crippen LogP contribution >= 0.6 is 24.0 Å². The summed E-state index contributed by atoms with van der Waals surface area (Å²) in [5, 5.41) is 7.02. The first-order valence-corrected chi connectivity index (χ1v) is 10.9. The molecule has 0 bridgehead atoms. The number of aliphatic imine (C=N–C) groups is 1. The monoisotopic (exact) mass is 495 g/mol. The van der Waals surface area contributed by atoms with E-state index in [1.807, 2.05) is 7.05 Å². The lowest BCUT2D eigenvalue weighted by Crippen LogP contribution is -2.44. The van der Waals surface area contributed by atoms with Gasteiger partial charge in [-0.2, -0.15) is 0 Å². The molecule has 0 radical (unpaired) electrons. The van der Waals surface area contributed by atoms with Crippen molar-refractivity contribution in [2.45, 2.75) is 66.3 Å². The zero-order chi connectivity index (χ0) is 19.4. The summed E-state index contributed by atoms with van der Waals surface area (Å²) in [5.41, 5.74) is 0. The summed E-state index contributed by atoms with van der Waals surface area (Å²) in [5.74, 6) is 2.64. The van der Waals surface area contributed by atoms with Gasteiger partial charge in [-0.15, -0.1) is 24.0 Å². The molecule has 5 nitrogen and oxygen atoms in total. The second-order valence-corrected chi connectivity index (χ2v) is 8.27. The average molecular weight is 496 g/mol. The van der Waals surface area contributed by atoms with Crippen LogP contribution in [0.1, 0.15) is 60.3 Å². The normalized spacial score (nSPS) is 22.4. The fourth-order valence-electron chi connectivity index (χ4n) is 4.15. The van der Waals surface area contributed by atoms with Crippen molar-refractivity contribution in [2.75, 3.05) is 52.9 Å². The first-order chi connectivity index (χ1) is 12.5. The minimum absolute atomic E-state index is 0. The van der Waals surface area contributed by atoms with E-state index in [-0.39, 0.29) is 24.0 Å². The molecule has 1 heterocycles. The lowest BCUT2D eigenvalue weighted by atomic mass is 9.92. The number of halogens is 1. The summed E-state index contributed by atoms with van der Waals surface area (Å²) < 4.78 is 0. The highest BCUT2D eigenvalue weighted by molar-refractivity contribution is 14.0. The maximum absolute atomic E-state index is 4.38. The quantitative estimate of drug-likeness (QED) is 0.199. The summed E-state index contributed by atoms with van der Waals surface area (Å²) in [7, 11) is 1.87. The molecule has 1 aliphatic heterocycles. The van der Waals surface area contributed by atoms with Gasteiger partial charge >= 0.3 is 0 Å². The van der Waals surface area contributed by atoms with Crippen molar-refractivity contribution < 1.29 is 0 Å². The Bertz CT molecular complexity index is 377. The first-order valence-electron chi connectivity index (χ1n) is 10.9. The van der Waals surface area contributed by atoms with Gasteiger partial charge in [-0.3, -0.25) is 4.99 Å². The van der Waals surface area contributed by atoms with Gasteiger partial charge in [0.15, 0.2) is 5.96 Å². The van der Waals surface area contributed by atoms with Crippen molar-refractivity contribution in [1.82, 2.24) is 20.4 Å². The highest BCUT2D eigenvalue weighted by atomic mass is 127. The third kappa shape index (κ3) is 12.2. The Morgan fingerprint density at radius 3 is 2.33 bits per heavy atom. The highest BCUT2D eigenvalue weighted by Gasteiger charge is 2.21. The molecule has 1 aliphatic rings. The van der Waals surface area contributed by atoms with Crippen LogP contribution in [0.5, 0.6) is 0 Å². The number of nitrogens with one attached hydrogen (secondary N) is 2. The zero-order valence-corrected chi connectivity index (χ0v) is 21.1. The Morgan fingerprint density at radius 1 is 1.15 bits per heavy atom. The van der Waals surface area contributed by atoms with E-state index in [1.54, 1.807) is 0 Å². The van der Waals surface area contributed by atoms with Crippen LogP contribution in [0.25, 0.3) is 0 Å². The lowest BCUT2D eigenvalue weighted by Gasteiger charge is -2.35. The Hall–Kier alpha value is -0.0800. The van der Waals surface area contributed by atoms with Crippen molar-refractivity contribution in [1.29, 1.82) is 0 Å². The summed E-state index contributed by atoms with van der Waals surface area (Å²) in [6.07, 6.45) is 4.98. The van der Waals surface area contributed by atoms with Crippen molar-refractivity contribution in [3.8, 4) is 0 Å². The number of hydrogen-bond donors (Lipinski definition) is 2. The van der Waals surface area contributed by atoms with Gasteiger partial charge < -0.3 is 20.4 Å². The maximum atomic E-state index is 4.38. The number of piperidine rings is 1. The Kier molecular flexibility index (Phi) is 15.8. The molecule has 0 saturated carbocycles. The molecule has 3 atom stereocenters. The Morgan fingerprint density at radius 2 is 1.78 bits per heavy atom. The molecule has 2 N–H and O–H groups in total. The Labute approximate surface area is 186 Å². The van der Waals surface area contributed by atoms with Gasteiger partial charge in [0.05, 0.1) is 0 Å². The summed E-state index contributed by atoms with van der Waals surface area (Å²) >= 11 is 0. The number of hydrogen-bond acceptors (Lipinski definition) is 3. The van der Waals surface area contributed by atoms with Crippen molar-refractivity contribution in [3.05, 3.63) is 0 Å². The number of nitrogens with zero attached hydrogens (tertiary/aromatic N) is 3. The molecule has 0 aromatic heterocycles. The zero-order valence-electron chi connectivity index (χ0n) is 18.8. The fourth-order valence-corrected chi connectivity index (χ4v) is 4.15. The first kappa shape index (κ1) is 26.9. The van der Waals surface area contributed by atoms with Gasteiger partial charge in [-0.25, -0.2) is 0 Å². The molecular weight excluding hydrogens is 449 g/mol. The molecular formula is C21H46IN5. The van der Waals surface area contributed by atoms with Gasteiger partial charge in [-0.1, -0.05) is 27.7 Å². The van der Waals surface area contributed by atoms with Crippen molar-refractivity contribution in [3.63, 3.8) is 0 Å². The molecule has 0 aromatic carbocycles. The second kappa shape index (κ2) is 15.8. The number of rotatable bonds is 11. The van der Waals surface area contributed by atoms with Crippen molar-refractivity contribution >= 4 is 29.9 Å². The molecule has 0 amide bonds.